The van der Waals surface area contributed by atoms with Gasteiger partial charge in [0.1, 0.15) is 0 Å². The van der Waals surface area contributed by atoms with Crippen LogP contribution in [0.1, 0.15) is 45.4 Å². The molecule has 0 unspecified atom stereocenters. The smallest absolute Gasteiger partial charge is 0.240 e. The number of nitrogens with one attached hydrogen (secondary N) is 1. The van der Waals surface area contributed by atoms with Crippen molar-refractivity contribution in [1.82, 2.24) is 9.62 Å². The van der Waals surface area contributed by atoms with E-state index in [-0.39, 0.29) is 22.8 Å². The Morgan fingerprint density at radius 1 is 0.973 bits per heavy atom. The molecule has 1 saturated heterocycles. The molecule has 0 saturated carbocycles. The molecule has 37 heavy (non-hydrogen) atoms. The van der Waals surface area contributed by atoms with E-state index in [9.17, 15) is 18.3 Å². The quantitative estimate of drug-likeness (QED) is 0.307. The van der Waals surface area contributed by atoms with E-state index < -0.39 is 10.0 Å². The lowest BCUT2D eigenvalue weighted by Gasteiger charge is -2.38. The minimum Gasteiger partial charge on any atom is -0.396 e. The predicted molar refractivity (Wildman–Crippen MR) is 146 cm³/mol. The molecule has 1 amide bonds. The number of piperidine rings is 1. The molecule has 0 atom stereocenters. The van der Waals surface area contributed by atoms with Gasteiger partial charge in [-0.3, -0.25) is 4.79 Å². The van der Waals surface area contributed by atoms with Gasteiger partial charge in [0, 0.05) is 52.4 Å². The zero-order valence-electron chi connectivity index (χ0n) is 22.1. The molecule has 1 heterocycles. The lowest BCUT2D eigenvalue weighted by atomic mass is 9.81. The van der Waals surface area contributed by atoms with Crippen molar-refractivity contribution in [1.29, 1.82) is 0 Å². The van der Waals surface area contributed by atoms with Crippen molar-refractivity contribution in [3.63, 3.8) is 0 Å². The summed E-state index contributed by atoms with van der Waals surface area (Å²) >= 11 is 0. The summed E-state index contributed by atoms with van der Waals surface area (Å²) in [4.78, 5) is 16.5. The van der Waals surface area contributed by atoms with Crippen molar-refractivity contribution >= 4 is 33.0 Å². The monoisotopic (exact) mass is 529 g/mol. The molecule has 0 radical (unpaired) electrons. The number of aliphatic hydroxyl groups is 1. The van der Waals surface area contributed by atoms with Crippen molar-refractivity contribution in [2.75, 3.05) is 45.2 Å². The number of anilines is 1. The molecule has 10 heteroatoms. The van der Waals surface area contributed by atoms with Gasteiger partial charge in [-0.2, -0.15) is 10.2 Å². The fourth-order valence-corrected chi connectivity index (χ4v) is 5.18. The number of benzene rings is 2. The summed E-state index contributed by atoms with van der Waals surface area (Å²) in [6, 6.07) is 13.9. The minimum absolute atomic E-state index is 0.0723. The minimum atomic E-state index is -3.61. The summed E-state index contributed by atoms with van der Waals surface area (Å²) < 4.78 is 27.8. The number of azo groups is 1. The molecular formula is C27H39N5O4S. The lowest BCUT2D eigenvalue weighted by Crippen LogP contribution is -2.43. The number of likely N-dealkylation sites (tertiary alicyclic amines) is 1. The van der Waals surface area contributed by atoms with E-state index in [1.807, 2.05) is 48.2 Å². The van der Waals surface area contributed by atoms with Gasteiger partial charge in [-0.1, -0.05) is 13.3 Å². The average molecular weight is 530 g/mol. The first-order chi connectivity index (χ1) is 17.6. The third-order valence-corrected chi connectivity index (χ3v) is 8.34. The molecule has 2 N–H and O–H groups in total. The molecular weight excluding hydrogens is 490 g/mol. The fraction of sp³-hybridized carbons (Fsp3) is 0.519. The second-order valence-electron chi connectivity index (χ2n) is 10.2. The molecule has 0 aliphatic carbocycles. The standard InChI is InChI=1S/C27H39N5O4S/c1-27(21-33)16-19-32(20-17-27)26(34)7-5-4-6-18-28-37(35,36)25-14-10-23(11-15-25)30-29-22-8-12-24(13-9-22)31(2)3/h8-15,28,33H,4-7,16-21H2,1-3H3/b30-29+. The SMILES string of the molecule is CN(C)c1ccc(/N=N/c2ccc(S(=O)(=O)NCCCCCC(=O)N3CCC(C)(CO)CC3)cc2)cc1. The first-order valence-corrected chi connectivity index (χ1v) is 14.3. The maximum absolute atomic E-state index is 12.6. The number of carbonyl (C=O) groups is 1. The van der Waals surface area contributed by atoms with Crippen molar-refractivity contribution in [3.05, 3.63) is 48.5 Å². The van der Waals surface area contributed by atoms with E-state index in [0.29, 0.717) is 43.9 Å². The van der Waals surface area contributed by atoms with Crippen LogP contribution in [0.5, 0.6) is 0 Å². The van der Waals surface area contributed by atoms with Gasteiger partial charge in [0.15, 0.2) is 0 Å². The Labute approximate surface area is 220 Å². The van der Waals surface area contributed by atoms with Gasteiger partial charge >= 0.3 is 0 Å². The Morgan fingerprint density at radius 2 is 1.54 bits per heavy atom. The van der Waals surface area contributed by atoms with E-state index in [1.165, 1.54) is 12.1 Å². The maximum atomic E-state index is 12.6. The summed E-state index contributed by atoms with van der Waals surface area (Å²) in [6.45, 7) is 3.92. The average Bonchev–Trinajstić information content (AvgIpc) is 2.90. The number of rotatable bonds is 12. The summed E-state index contributed by atoms with van der Waals surface area (Å²) in [5.74, 6) is 0.142. The number of unbranched alkanes of at least 4 members (excludes halogenated alkanes) is 2. The molecule has 0 spiro atoms. The van der Waals surface area contributed by atoms with Crippen LogP contribution in [0.25, 0.3) is 0 Å². The number of aliphatic hydroxyl groups excluding tert-OH is 1. The highest BCUT2D eigenvalue weighted by molar-refractivity contribution is 7.89. The fourth-order valence-electron chi connectivity index (χ4n) is 4.10. The molecule has 9 nitrogen and oxygen atoms in total. The highest BCUT2D eigenvalue weighted by Crippen LogP contribution is 2.30. The number of carbonyl (C=O) groups excluding carboxylic acids is 1. The number of hydrogen-bond acceptors (Lipinski definition) is 7. The topological polar surface area (TPSA) is 115 Å². The first kappa shape index (κ1) is 28.7. The molecule has 0 aromatic heterocycles. The third-order valence-electron chi connectivity index (χ3n) is 6.86. The Kier molecular flexibility index (Phi) is 10.2. The third kappa shape index (κ3) is 8.62. The number of amides is 1. The van der Waals surface area contributed by atoms with E-state index in [4.69, 9.17) is 0 Å². The van der Waals surface area contributed by atoms with Crippen LogP contribution in [0.15, 0.2) is 63.7 Å². The van der Waals surface area contributed by atoms with Crippen LogP contribution >= 0.6 is 0 Å². The predicted octanol–water partition coefficient (Wildman–Crippen LogP) is 4.63. The second-order valence-corrected chi connectivity index (χ2v) is 11.9. The lowest BCUT2D eigenvalue weighted by molar-refractivity contribution is -0.134. The van der Waals surface area contributed by atoms with Gasteiger partial charge < -0.3 is 14.9 Å². The highest BCUT2D eigenvalue weighted by Gasteiger charge is 2.30. The Balaban J connectivity index is 1.37. The number of sulfonamides is 1. The summed E-state index contributed by atoms with van der Waals surface area (Å²) in [5, 5.41) is 17.8. The van der Waals surface area contributed by atoms with Crippen LogP contribution in [0.2, 0.25) is 0 Å². The molecule has 3 rings (SSSR count). The normalized spacial score (nSPS) is 15.7. The van der Waals surface area contributed by atoms with Gasteiger partial charge in [-0.15, -0.1) is 0 Å². The van der Waals surface area contributed by atoms with Gasteiger partial charge in [-0.25, -0.2) is 13.1 Å². The molecule has 2 aromatic rings. The van der Waals surface area contributed by atoms with Gasteiger partial charge in [0.25, 0.3) is 0 Å². The molecule has 1 aliphatic heterocycles. The van der Waals surface area contributed by atoms with E-state index >= 15 is 0 Å². The van der Waals surface area contributed by atoms with Crippen LogP contribution in [-0.4, -0.2) is 64.7 Å². The zero-order chi connectivity index (χ0) is 26.9. The Hall–Kier alpha value is -2.82. The summed E-state index contributed by atoms with van der Waals surface area (Å²) in [6.07, 6.45) is 4.28. The van der Waals surface area contributed by atoms with Crippen LogP contribution in [0.4, 0.5) is 17.1 Å². The molecule has 202 valence electrons. The van der Waals surface area contributed by atoms with E-state index in [1.54, 1.807) is 12.1 Å². The summed E-state index contributed by atoms with van der Waals surface area (Å²) in [5.41, 5.74) is 2.28. The van der Waals surface area contributed by atoms with Gasteiger partial charge in [-0.05, 0) is 79.6 Å². The van der Waals surface area contributed by atoms with Gasteiger partial charge in [0.05, 0.1) is 16.3 Å². The Bertz CT molecular complexity index is 1140. The summed E-state index contributed by atoms with van der Waals surface area (Å²) in [7, 11) is 0.322. The van der Waals surface area contributed by atoms with Crippen molar-refractivity contribution < 1.29 is 18.3 Å². The zero-order valence-corrected chi connectivity index (χ0v) is 22.9. The van der Waals surface area contributed by atoms with E-state index in [2.05, 4.69) is 21.9 Å². The largest absolute Gasteiger partial charge is 0.396 e. The second kappa shape index (κ2) is 13.1. The van der Waals surface area contributed by atoms with E-state index in [0.717, 1.165) is 31.4 Å². The van der Waals surface area contributed by atoms with Crippen LogP contribution in [0, 0.1) is 5.41 Å². The number of hydrogen-bond donors (Lipinski definition) is 2. The molecule has 1 aliphatic rings. The Morgan fingerprint density at radius 3 is 2.08 bits per heavy atom. The van der Waals surface area contributed by atoms with Gasteiger partial charge in [0.2, 0.25) is 15.9 Å². The molecule has 1 fully saturated rings. The van der Waals surface area contributed by atoms with Crippen LogP contribution < -0.4 is 9.62 Å². The maximum Gasteiger partial charge on any atom is 0.240 e. The van der Waals surface area contributed by atoms with Crippen molar-refractivity contribution in [2.45, 2.75) is 50.3 Å². The van der Waals surface area contributed by atoms with Crippen LogP contribution in [0.3, 0.4) is 0 Å². The highest BCUT2D eigenvalue weighted by atomic mass is 32.2. The van der Waals surface area contributed by atoms with Crippen molar-refractivity contribution in [3.8, 4) is 0 Å². The molecule has 0 bridgehead atoms. The van der Waals surface area contributed by atoms with Crippen molar-refractivity contribution in [2.24, 2.45) is 15.6 Å². The van der Waals surface area contributed by atoms with Crippen LogP contribution in [-0.2, 0) is 14.8 Å². The molecule has 2 aromatic carbocycles. The first-order valence-electron chi connectivity index (χ1n) is 12.8. The number of nitrogens with zero attached hydrogens (tertiary/aromatic N) is 4.